The predicted molar refractivity (Wildman–Crippen MR) is 319 cm³/mol. The highest BCUT2D eigenvalue weighted by atomic mass is 16.7. The molecule has 0 aromatic heterocycles. The van der Waals surface area contributed by atoms with Crippen LogP contribution in [0.3, 0.4) is 0 Å². The first-order valence-corrected chi connectivity index (χ1v) is 25.9. The number of hydrogen-bond donors (Lipinski definition) is 0. The number of carbonyl (C=O) groups excluding carboxylic acids is 4. The van der Waals surface area contributed by atoms with Gasteiger partial charge in [0.15, 0.2) is 0 Å². The average molecular weight is 1100 g/mol. The molecule has 9 aromatic rings. The molecule has 0 atom stereocenters. The topological polar surface area (TPSA) is 149 Å². The zero-order valence-electron chi connectivity index (χ0n) is 44.8. The van der Waals surface area contributed by atoms with Gasteiger partial charge in [0.2, 0.25) is 6.79 Å². The van der Waals surface area contributed by atoms with Crippen molar-refractivity contribution in [3.05, 3.63) is 280 Å². The lowest BCUT2D eigenvalue weighted by Crippen LogP contribution is -2.11. The maximum atomic E-state index is 11.9. The Morgan fingerprint density at radius 1 is 0.277 bits per heavy atom. The molecule has 0 radical (unpaired) electrons. The summed E-state index contributed by atoms with van der Waals surface area (Å²) in [7, 11) is 0. The average Bonchev–Trinajstić information content (AvgIpc) is 3.71. The number of benzene rings is 9. The molecule has 412 valence electrons. The van der Waals surface area contributed by atoms with Gasteiger partial charge in [-0.2, -0.15) is 0 Å². The van der Waals surface area contributed by atoms with Crippen LogP contribution in [0.15, 0.2) is 269 Å². The van der Waals surface area contributed by atoms with Gasteiger partial charge in [-0.1, -0.05) is 74.8 Å². The van der Waals surface area contributed by atoms with Gasteiger partial charge in [0, 0.05) is 58.4 Å². The molecule has 0 fully saturated rings. The van der Waals surface area contributed by atoms with Crippen LogP contribution in [-0.4, -0.2) is 30.7 Å². The molecule has 14 heteroatoms. The first-order chi connectivity index (χ1) is 40.5. The molecule has 14 nitrogen and oxygen atoms in total. The number of nitrogens with zero attached hydrogens (tertiary/aromatic N) is 2. The van der Waals surface area contributed by atoms with E-state index in [1.165, 1.54) is 0 Å². The molecule has 0 spiro atoms. The maximum Gasteiger partial charge on any atom is 0.335 e. The standard InChI is InChI=1S/C69H54N2O12/c1-5-66(72)80-62-29-11-49(12-30-62)46-76-58-33-21-54(22-34-58)71(57-27-39-64(40-28-57)82-68(74)7-3)53-19-13-50(14-20-53)51-15-31-60(32-16-51)78-47-79-61-35-23-55(24-36-61)70(56-25-37-63(38-26-56)81-67(73)6-2)52-17-9-48(10-18-52)45-77-59-41-43-65(44-42-59)83-69(75)8-4/h5-44H,1-4,45-47H2. The molecular formula is C69H54N2O12. The quantitative estimate of drug-likeness (QED) is 0.0231. The lowest BCUT2D eigenvalue weighted by Gasteiger charge is -2.26. The summed E-state index contributed by atoms with van der Waals surface area (Å²) in [6.07, 6.45) is 4.44. The van der Waals surface area contributed by atoms with E-state index in [0.29, 0.717) is 59.2 Å². The Bertz CT molecular complexity index is 3700. The van der Waals surface area contributed by atoms with Gasteiger partial charge in [-0.3, -0.25) is 0 Å². The molecular weight excluding hydrogens is 1050 g/mol. The predicted octanol–water partition coefficient (Wildman–Crippen LogP) is 15.2. The Kier molecular flexibility index (Phi) is 18.7. The van der Waals surface area contributed by atoms with E-state index in [9.17, 15) is 19.2 Å². The third-order valence-corrected chi connectivity index (χ3v) is 12.4. The minimum absolute atomic E-state index is 0.0383. The summed E-state index contributed by atoms with van der Waals surface area (Å²) < 4.78 is 45.2. The molecule has 83 heavy (non-hydrogen) atoms. The van der Waals surface area contributed by atoms with Crippen molar-refractivity contribution in [3.63, 3.8) is 0 Å². The van der Waals surface area contributed by atoms with E-state index in [1.807, 2.05) is 158 Å². The lowest BCUT2D eigenvalue weighted by molar-refractivity contribution is -0.129. The van der Waals surface area contributed by atoms with Gasteiger partial charge in [0.05, 0.1) is 0 Å². The monoisotopic (exact) mass is 1100 g/mol. The molecule has 0 aliphatic carbocycles. The fourth-order valence-electron chi connectivity index (χ4n) is 8.28. The molecule has 0 aliphatic heterocycles. The number of anilines is 6. The Balaban J connectivity index is 0.832. The highest BCUT2D eigenvalue weighted by Crippen LogP contribution is 2.39. The molecule has 0 heterocycles. The van der Waals surface area contributed by atoms with Crippen LogP contribution >= 0.6 is 0 Å². The molecule has 0 saturated heterocycles. The minimum atomic E-state index is -0.554. The van der Waals surface area contributed by atoms with Crippen molar-refractivity contribution in [1.29, 1.82) is 0 Å². The Morgan fingerprint density at radius 3 is 0.795 bits per heavy atom. The fraction of sp³-hybridized carbons (Fsp3) is 0.0435. The van der Waals surface area contributed by atoms with E-state index < -0.39 is 23.9 Å². The molecule has 0 saturated carbocycles. The zero-order chi connectivity index (χ0) is 57.9. The van der Waals surface area contributed by atoms with Crippen molar-refractivity contribution in [3.8, 4) is 57.1 Å². The van der Waals surface area contributed by atoms with Crippen molar-refractivity contribution in [2.45, 2.75) is 13.2 Å². The summed E-state index contributed by atoms with van der Waals surface area (Å²) in [5.41, 5.74) is 8.84. The number of carbonyl (C=O) groups is 4. The van der Waals surface area contributed by atoms with E-state index in [-0.39, 0.29) is 6.79 Å². The molecule has 9 rings (SSSR count). The van der Waals surface area contributed by atoms with E-state index in [2.05, 4.69) is 36.1 Å². The normalized spacial score (nSPS) is 10.5. The van der Waals surface area contributed by atoms with E-state index in [1.54, 1.807) is 60.7 Å². The summed E-state index contributed by atoms with van der Waals surface area (Å²) in [4.78, 5) is 51.1. The number of esters is 4. The van der Waals surface area contributed by atoms with Gasteiger partial charge < -0.3 is 47.7 Å². The van der Waals surface area contributed by atoms with Crippen molar-refractivity contribution in [2.24, 2.45) is 0 Å². The lowest BCUT2D eigenvalue weighted by atomic mass is 10.0. The van der Waals surface area contributed by atoms with Crippen LogP contribution in [0.5, 0.6) is 46.0 Å². The van der Waals surface area contributed by atoms with Gasteiger partial charge >= 0.3 is 23.9 Å². The van der Waals surface area contributed by atoms with Crippen molar-refractivity contribution in [2.75, 3.05) is 16.6 Å². The van der Waals surface area contributed by atoms with Crippen molar-refractivity contribution >= 4 is 58.0 Å². The Labute approximate surface area is 480 Å². The number of ether oxygens (including phenoxy) is 8. The summed E-state index contributed by atoms with van der Waals surface area (Å²) in [5, 5.41) is 0. The van der Waals surface area contributed by atoms with Gasteiger partial charge in [0.25, 0.3) is 0 Å². The smallest absolute Gasteiger partial charge is 0.335 e. The summed E-state index contributed by atoms with van der Waals surface area (Å²) in [6.45, 7) is 14.4. The number of rotatable bonds is 25. The molecule has 0 aliphatic rings. The molecule has 9 aromatic carbocycles. The Morgan fingerprint density at radius 2 is 0.482 bits per heavy atom. The summed E-state index contributed by atoms with van der Waals surface area (Å²) in [5.74, 6) is 1.89. The van der Waals surface area contributed by atoms with E-state index >= 15 is 0 Å². The van der Waals surface area contributed by atoms with Crippen LogP contribution in [0.4, 0.5) is 34.1 Å². The fourth-order valence-corrected chi connectivity index (χ4v) is 8.28. The third-order valence-electron chi connectivity index (χ3n) is 12.4. The minimum Gasteiger partial charge on any atom is -0.489 e. The van der Waals surface area contributed by atoms with Gasteiger partial charge in [-0.15, -0.1) is 0 Å². The van der Waals surface area contributed by atoms with Gasteiger partial charge in [-0.25, -0.2) is 19.2 Å². The summed E-state index contributed by atoms with van der Waals surface area (Å²) >= 11 is 0. The molecule has 0 amide bonds. The van der Waals surface area contributed by atoms with Crippen LogP contribution in [0.2, 0.25) is 0 Å². The van der Waals surface area contributed by atoms with Crippen LogP contribution < -0.4 is 47.7 Å². The highest BCUT2D eigenvalue weighted by molar-refractivity contribution is 5.86. The van der Waals surface area contributed by atoms with Crippen LogP contribution in [0.25, 0.3) is 11.1 Å². The first kappa shape index (κ1) is 56.3. The van der Waals surface area contributed by atoms with Crippen molar-refractivity contribution < 1.29 is 57.1 Å². The second kappa shape index (κ2) is 27.5. The first-order valence-electron chi connectivity index (χ1n) is 25.9. The maximum absolute atomic E-state index is 11.9. The SMILES string of the molecule is C=CC(=O)Oc1ccc(COc2ccc(N(c3ccc(OC(=O)C=C)cc3)c3ccc(-c4ccc(OCOc5ccc(N(c6ccc(COc7ccc(OC(=O)C=C)cc7)cc6)c6ccc(OC(=O)C=C)cc6)cc5)cc4)cc3)cc2)cc1. The van der Waals surface area contributed by atoms with Crippen LogP contribution in [0.1, 0.15) is 11.1 Å². The second-order valence-electron chi connectivity index (χ2n) is 18.0. The molecule has 0 unspecified atom stereocenters. The van der Waals surface area contributed by atoms with Gasteiger partial charge in [0.1, 0.15) is 59.2 Å². The van der Waals surface area contributed by atoms with E-state index in [0.717, 1.165) is 80.7 Å². The molecule has 0 N–H and O–H groups in total. The summed E-state index contributed by atoms with van der Waals surface area (Å²) in [6, 6.07) is 67.4. The number of hydrogen-bond acceptors (Lipinski definition) is 14. The zero-order valence-corrected chi connectivity index (χ0v) is 44.8. The van der Waals surface area contributed by atoms with Crippen LogP contribution in [0, 0.1) is 0 Å². The second-order valence-corrected chi connectivity index (χ2v) is 18.0. The Hall–Kier alpha value is -11.4. The largest absolute Gasteiger partial charge is 0.489 e. The van der Waals surface area contributed by atoms with E-state index in [4.69, 9.17) is 37.9 Å². The van der Waals surface area contributed by atoms with Crippen molar-refractivity contribution in [1.82, 2.24) is 0 Å². The van der Waals surface area contributed by atoms with Gasteiger partial charge in [-0.05, 0) is 192 Å². The van der Waals surface area contributed by atoms with Crippen LogP contribution in [-0.2, 0) is 32.4 Å². The molecule has 0 bridgehead atoms. The highest BCUT2D eigenvalue weighted by Gasteiger charge is 2.17. The third kappa shape index (κ3) is 15.5.